The van der Waals surface area contributed by atoms with Crippen molar-refractivity contribution in [2.75, 3.05) is 0 Å². The molecule has 2 unspecified atom stereocenters. The number of rotatable bonds is 14. The average molecular weight is 1520 g/mol. The quantitative estimate of drug-likeness (QED) is 0.0997. The summed E-state index contributed by atoms with van der Waals surface area (Å²) in [4.78, 5) is 55.1. The molecular weight excluding hydrogens is 1460 g/mol. The van der Waals surface area contributed by atoms with Gasteiger partial charge < -0.3 is 10.6 Å². The fourth-order valence-electron chi connectivity index (χ4n) is 16.0. The highest BCUT2D eigenvalue weighted by Crippen LogP contribution is 2.48. The van der Waals surface area contributed by atoms with Gasteiger partial charge in [-0.15, -0.1) is 11.3 Å². The first kappa shape index (κ1) is 68.0. The van der Waals surface area contributed by atoms with Crippen LogP contribution in [-0.4, -0.2) is 55.9 Å². The number of thioether (sulfide) groups is 1. The summed E-state index contributed by atoms with van der Waals surface area (Å²) in [5, 5.41) is 15.3. The highest BCUT2D eigenvalue weighted by atomic mass is 32.2. The van der Waals surface area contributed by atoms with Gasteiger partial charge in [0.1, 0.15) is 16.4 Å². The molecule has 3 aliphatic rings. The Morgan fingerprint density at radius 1 is 0.310 bits per heavy atom. The highest BCUT2D eigenvalue weighted by Gasteiger charge is 2.38. The molecule has 14 aromatic carbocycles. The molecule has 0 saturated heterocycles. The van der Waals surface area contributed by atoms with Gasteiger partial charge in [0.05, 0.1) is 32.2 Å². The number of allylic oxidation sites excluding steroid dienone is 3. The van der Waals surface area contributed by atoms with E-state index in [4.69, 9.17) is 49.8 Å². The molecule has 0 radical (unpaired) electrons. The number of aliphatic imine (C=N–C) groups is 1. The van der Waals surface area contributed by atoms with Crippen LogP contribution in [0.15, 0.2) is 385 Å². The number of fused-ring (bicyclic) bond motifs is 8. The predicted octanol–water partition coefficient (Wildman–Crippen LogP) is 24.5. The second-order valence-electron chi connectivity index (χ2n) is 29.1. The van der Waals surface area contributed by atoms with E-state index in [2.05, 4.69) is 296 Å². The zero-order chi connectivity index (χ0) is 76.6. The number of aromatic nitrogens is 9. The maximum atomic E-state index is 5.53. The van der Waals surface area contributed by atoms with Crippen LogP contribution >= 0.6 is 23.1 Å². The van der Waals surface area contributed by atoms with Gasteiger partial charge in [-0.2, -0.15) is 0 Å². The molecule has 0 bridgehead atoms. The standard InChI is InChI=1S/C102H64N12S2/c1-5-19-61(20-6-1)63-36-40-65(41-37-63)87-91-89(85-35-18-54-103-101(85)115-91)107-93(105-87)69-44-38-64(39-45-69)81-31-16-33-83-82(81)32-17-34-84(83)100-113-96(68-25-11-4-12-26-68)110-98(114-100)71-46-42-66(43-47-71)88-92-90(86-59-80(60-104-102(86)116-92)77-53-52-76-55-74-27-13-14-28-75(74)57-79(76)58-77)108-94(106-88)70-48-50-72(51-49-70)97-109-95(67-23-9-3-10-24-67)111-99(112-97)78-30-15-29-73(56-78)62-21-7-2-8-22-62/h1-60,93,101,103,107H. The molecule has 2 atom stereocenters. The van der Waals surface area contributed by atoms with E-state index < -0.39 is 0 Å². The number of nitrogens with one attached hydrogen (secondary N) is 2. The molecule has 3 aliphatic heterocycles. The van der Waals surface area contributed by atoms with Crippen molar-refractivity contribution in [1.82, 2.24) is 55.5 Å². The molecular formula is C102H64N12S2. The number of pyridine rings is 1. The van der Waals surface area contributed by atoms with Crippen molar-refractivity contribution in [2.45, 2.75) is 11.5 Å². The molecule has 116 heavy (non-hydrogen) atoms. The molecule has 22 rings (SSSR count). The lowest BCUT2D eigenvalue weighted by molar-refractivity contribution is 0.619. The Hall–Kier alpha value is -14.8. The zero-order valence-electron chi connectivity index (χ0n) is 62.1. The first-order valence-corrected chi connectivity index (χ1v) is 40.3. The normalized spacial score (nSPS) is 14.3. The Morgan fingerprint density at radius 2 is 0.776 bits per heavy atom. The van der Waals surface area contributed by atoms with Crippen LogP contribution < -0.4 is 10.6 Å². The monoisotopic (exact) mass is 1520 g/mol. The summed E-state index contributed by atoms with van der Waals surface area (Å²) >= 11 is 3.41. The van der Waals surface area contributed by atoms with E-state index in [1.165, 1.54) is 32.9 Å². The van der Waals surface area contributed by atoms with Crippen molar-refractivity contribution in [3.8, 4) is 135 Å². The minimum Gasteiger partial charge on any atom is -0.375 e. The topological polar surface area (TPSA) is 152 Å². The number of nitrogens with zero attached hydrogens (tertiary/aromatic N) is 10. The minimum absolute atomic E-state index is 0.104. The average Bonchev–Trinajstić information content (AvgIpc) is 1.59. The SMILES string of the molecule is C1=CNC2SC3=C(NC(c4ccc(-c5cccc6c(-c7nc(-c8ccccc8)nc(-c8ccc(-c9nc(-c%10ccc(-c%11nc(-c%12ccccc%12)nc(-c%12cccc(-c%13ccccc%13)c%12)n%11)cc%10)nc%10c9sc9ncc(-c%11ccc%12cc%13ccccc%13cc%12c%11)cc9%10)cc8)n7)cccc56)cc4)N=C3c3ccc(-c4ccccc4)cc3)C2=C1. The molecule has 19 aromatic rings. The number of benzene rings is 14. The summed E-state index contributed by atoms with van der Waals surface area (Å²) in [6, 6.07) is 119. The van der Waals surface area contributed by atoms with Crippen molar-refractivity contribution in [2.24, 2.45) is 4.99 Å². The molecule has 0 fully saturated rings. The minimum atomic E-state index is -0.314. The summed E-state index contributed by atoms with van der Waals surface area (Å²) in [5.74, 6) is 3.92. The summed E-state index contributed by atoms with van der Waals surface area (Å²) in [7, 11) is 0. The highest BCUT2D eigenvalue weighted by molar-refractivity contribution is 8.05. The van der Waals surface area contributed by atoms with Crippen LogP contribution in [0, 0.1) is 0 Å². The van der Waals surface area contributed by atoms with Crippen LogP contribution in [0.5, 0.6) is 0 Å². The molecule has 5 aromatic heterocycles. The number of hydrogen-bond donors (Lipinski definition) is 2. The van der Waals surface area contributed by atoms with Gasteiger partial charge in [0.2, 0.25) is 0 Å². The predicted molar refractivity (Wildman–Crippen MR) is 475 cm³/mol. The molecule has 12 nitrogen and oxygen atoms in total. The fraction of sp³-hybridized carbons (Fsp3) is 0.0196. The van der Waals surface area contributed by atoms with Gasteiger partial charge in [0.25, 0.3) is 0 Å². The number of hydrogen-bond acceptors (Lipinski definition) is 14. The first-order valence-electron chi connectivity index (χ1n) is 38.6. The van der Waals surface area contributed by atoms with Crippen molar-refractivity contribution < 1.29 is 0 Å². The van der Waals surface area contributed by atoms with Crippen LogP contribution in [0.4, 0.5) is 0 Å². The zero-order valence-corrected chi connectivity index (χ0v) is 63.7. The van der Waals surface area contributed by atoms with Gasteiger partial charge in [-0.05, 0) is 119 Å². The summed E-state index contributed by atoms with van der Waals surface area (Å²) in [5.41, 5.74) is 22.7. The van der Waals surface area contributed by atoms with E-state index >= 15 is 0 Å². The van der Waals surface area contributed by atoms with Crippen LogP contribution in [0.2, 0.25) is 0 Å². The third-order valence-corrected chi connectivity index (χ3v) is 24.3. The molecule has 0 aliphatic carbocycles. The van der Waals surface area contributed by atoms with E-state index in [9.17, 15) is 0 Å². The third kappa shape index (κ3) is 12.6. The van der Waals surface area contributed by atoms with Crippen LogP contribution in [0.1, 0.15) is 17.3 Å². The largest absolute Gasteiger partial charge is 0.375 e. The molecule has 2 N–H and O–H groups in total. The Labute approximate surface area is 676 Å². The lowest BCUT2D eigenvalue weighted by Crippen LogP contribution is -2.29. The molecule has 0 spiro atoms. The van der Waals surface area contributed by atoms with E-state index in [0.717, 1.165) is 148 Å². The maximum absolute atomic E-state index is 5.53. The van der Waals surface area contributed by atoms with E-state index in [1.807, 2.05) is 90.9 Å². The van der Waals surface area contributed by atoms with Crippen molar-refractivity contribution in [1.29, 1.82) is 0 Å². The second-order valence-corrected chi connectivity index (χ2v) is 31.2. The van der Waals surface area contributed by atoms with Crippen molar-refractivity contribution in [3.63, 3.8) is 0 Å². The van der Waals surface area contributed by atoms with E-state index in [0.29, 0.717) is 40.8 Å². The second kappa shape index (κ2) is 28.7. The molecule has 8 heterocycles. The van der Waals surface area contributed by atoms with Crippen LogP contribution in [-0.2, 0) is 0 Å². The smallest absolute Gasteiger partial charge is 0.164 e. The fourth-order valence-corrected chi connectivity index (χ4v) is 18.4. The van der Waals surface area contributed by atoms with Gasteiger partial charge >= 0.3 is 0 Å². The lowest BCUT2D eigenvalue weighted by atomic mass is 9.94. The summed E-state index contributed by atoms with van der Waals surface area (Å²) < 4.78 is 0.919. The first-order chi connectivity index (χ1) is 57.4. The Morgan fingerprint density at radius 3 is 1.42 bits per heavy atom. The van der Waals surface area contributed by atoms with Gasteiger partial charge in [0, 0.05) is 72.8 Å². The van der Waals surface area contributed by atoms with Gasteiger partial charge in [0.15, 0.2) is 40.8 Å². The summed E-state index contributed by atoms with van der Waals surface area (Å²) in [6.45, 7) is 0. The molecule has 544 valence electrons. The summed E-state index contributed by atoms with van der Waals surface area (Å²) in [6.07, 6.45) is 7.98. The van der Waals surface area contributed by atoms with Crippen LogP contribution in [0.3, 0.4) is 0 Å². The van der Waals surface area contributed by atoms with Gasteiger partial charge in [-0.25, -0.2) is 44.9 Å². The van der Waals surface area contributed by atoms with Crippen molar-refractivity contribution >= 4 is 81.6 Å². The Bertz CT molecular complexity index is 7260. The molecule has 14 heteroatoms. The van der Waals surface area contributed by atoms with Gasteiger partial charge in [-0.3, -0.25) is 4.99 Å². The number of thiophene rings is 1. The Kier molecular flexibility index (Phi) is 16.8. The van der Waals surface area contributed by atoms with E-state index in [-0.39, 0.29) is 11.5 Å². The van der Waals surface area contributed by atoms with Gasteiger partial charge in [-0.1, -0.05) is 327 Å². The third-order valence-electron chi connectivity index (χ3n) is 22.0. The van der Waals surface area contributed by atoms with E-state index in [1.54, 1.807) is 11.3 Å². The molecule has 0 saturated carbocycles. The lowest BCUT2D eigenvalue weighted by Gasteiger charge is -2.26. The van der Waals surface area contributed by atoms with Crippen molar-refractivity contribution in [3.05, 3.63) is 392 Å². The molecule has 0 amide bonds. The Balaban J connectivity index is 0.616. The number of dihydropyridines is 1. The van der Waals surface area contributed by atoms with Crippen LogP contribution in [0.25, 0.3) is 188 Å². The maximum Gasteiger partial charge on any atom is 0.164 e.